The number of carbonyl (C=O) groups excluding carboxylic acids is 2. The van der Waals surface area contributed by atoms with E-state index in [2.05, 4.69) is 0 Å². The minimum absolute atomic E-state index is 0.225. The molecule has 0 aliphatic carbocycles. The minimum Gasteiger partial charge on any atom is -0.443 e. The zero-order valence-corrected chi connectivity index (χ0v) is 22.7. The number of halogens is 4. The van der Waals surface area contributed by atoms with Gasteiger partial charge in [0.2, 0.25) is 6.10 Å². The van der Waals surface area contributed by atoms with Crippen LogP contribution >= 0.6 is 0 Å². The summed E-state index contributed by atoms with van der Waals surface area (Å²) in [6.45, 7) is 13.3. The molecule has 0 N–H and O–H groups in total. The summed E-state index contributed by atoms with van der Waals surface area (Å²) in [7, 11) is -2.67. The van der Waals surface area contributed by atoms with E-state index >= 15 is 13.2 Å². The standard InChI is InChI=1S/C24H35F4NO5Si/c1-21(2,3)34-20(31)29-19(30)33-18(24(27,28)14-32-35(8,9)22(4,5)6)17(26)23(29,7)15-12-10-11-13-16(15)25/h10-13,17-18H,14H2,1-9H3/t17-,18-,23+/m0/s1. The fourth-order valence-electron chi connectivity index (χ4n) is 3.42. The van der Waals surface area contributed by atoms with Crippen LogP contribution in [-0.4, -0.2) is 55.8 Å². The van der Waals surface area contributed by atoms with Crippen LogP contribution in [0.4, 0.5) is 27.2 Å². The molecule has 35 heavy (non-hydrogen) atoms. The maximum absolute atomic E-state index is 16.1. The number of rotatable bonds is 5. The van der Waals surface area contributed by atoms with Crippen LogP contribution in [0, 0.1) is 5.82 Å². The van der Waals surface area contributed by atoms with Gasteiger partial charge in [-0.3, -0.25) is 0 Å². The van der Waals surface area contributed by atoms with Gasteiger partial charge in [0, 0.05) is 5.56 Å². The lowest BCUT2D eigenvalue weighted by atomic mass is 9.80. The molecule has 0 unspecified atom stereocenters. The molecule has 1 aliphatic heterocycles. The van der Waals surface area contributed by atoms with Crippen molar-refractivity contribution in [1.82, 2.24) is 4.90 Å². The summed E-state index contributed by atoms with van der Waals surface area (Å²) >= 11 is 0. The molecular weight excluding hydrogens is 486 g/mol. The number of alkyl halides is 3. The number of benzene rings is 1. The molecule has 1 aromatic rings. The van der Waals surface area contributed by atoms with Crippen molar-refractivity contribution < 1.29 is 41.1 Å². The van der Waals surface area contributed by atoms with Crippen LogP contribution in [0.3, 0.4) is 0 Å². The van der Waals surface area contributed by atoms with E-state index in [4.69, 9.17) is 13.9 Å². The first-order valence-electron chi connectivity index (χ1n) is 11.3. The van der Waals surface area contributed by atoms with Crippen molar-refractivity contribution >= 4 is 20.5 Å². The van der Waals surface area contributed by atoms with Crippen molar-refractivity contribution in [3.05, 3.63) is 35.6 Å². The fourth-order valence-corrected chi connectivity index (χ4v) is 4.40. The highest BCUT2D eigenvalue weighted by molar-refractivity contribution is 6.74. The molecule has 11 heteroatoms. The average Bonchev–Trinajstić information content (AvgIpc) is 2.67. The van der Waals surface area contributed by atoms with Crippen LogP contribution in [0.2, 0.25) is 18.1 Å². The number of ether oxygens (including phenoxy) is 2. The summed E-state index contributed by atoms with van der Waals surface area (Å²) in [6.07, 6.45) is -8.28. The van der Waals surface area contributed by atoms with Gasteiger partial charge in [-0.2, -0.15) is 13.7 Å². The summed E-state index contributed by atoms with van der Waals surface area (Å²) in [5, 5.41) is -0.406. The third-order valence-electron chi connectivity index (χ3n) is 6.52. The molecule has 3 atom stereocenters. The normalized spacial score (nSPS) is 24.3. The van der Waals surface area contributed by atoms with Crippen molar-refractivity contribution in [2.45, 2.75) is 95.9 Å². The minimum atomic E-state index is -3.98. The van der Waals surface area contributed by atoms with E-state index in [1.54, 1.807) is 13.1 Å². The van der Waals surface area contributed by atoms with Crippen molar-refractivity contribution in [2.24, 2.45) is 0 Å². The van der Waals surface area contributed by atoms with E-state index < -0.39 is 72.9 Å². The Labute approximate surface area is 205 Å². The second-order valence-electron chi connectivity index (χ2n) is 11.5. The van der Waals surface area contributed by atoms with E-state index in [1.165, 1.54) is 32.9 Å². The smallest absolute Gasteiger partial charge is 0.420 e. The highest BCUT2D eigenvalue weighted by atomic mass is 28.4. The molecule has 2 amide bonds. The molecule has 0 spiro atoms. The number of hydrogen-bond donors (Lipinski definition) is 0. The van der Waals surface area contributed by atoms with Gasteiger partial charge in [0.05, 0.1) is 0 Å². The van der Waals surface area contributed by atoms with Crippen molar-refractivity contribution in [3.63, 3.8) is 0 Å². The highest BCUT2D eigenvalue weighted by Gasteiger charge is 2.64. The third-order valence-corrected chi connectivity index (χ3v) is 11.0. The lowest BCUT2D eigenvalue weighted by molar-refractivity contribution is -0.201. The van der Waals surface area contributed by atoms with E-state index in [-0.39, 0.29) is 4.90 Å². The third kappa shape index (κ3) is 5.82. The number of cyclic esters (lactones) is 1. The second-order valence-corrected chi connectivity index (χ2v) is 16.3. The fraction of sp³-hybridized carbons (Fsp3) is 0.667. The second kappa shape index (κ2) is 9.38. The quantitative estimate of drug-likeness (QED) is 0.315. The predicted octanol–water partition coefficient (Wildman–Crippen LogP) is 6.79. The average molecular weight is 522 g/mol. The largest absolute Gasteiger partial charge is 0.443 e. The molecule has 1 fully saturated rings. The molecule has 0 radical (unpaired) electrons. The van der Waals surface area contributed by atoms with Crippen LogP contribution < -0.4 is 0 Å². The predicted molar refractivity (Wildman–Crippen MR) is 125 cm³/mol. The van der Waals surface area contributed by atoms with E-state index in [9.17, 15) is 14.0 Å². The van der Waals surface area contributed by atoms with Gasteiger partial charge < -0.3 is 13.9 Å². The van der Waals surface area contributed by atoms with Crippen LogP contribution in [-0.2, 0) is 19.4 Å². The molecule has 6 nitrogen and oxygen atoms in total. The summed E-state index contributed by atoms with van der Waals surface area (Å²) in [6, 6.07) is 4.76. The number of amides is 2. The molecular formula is C24H35F4NO5Si. The highest BCUT2D eigenvalue weighted by Crippen LogP contribution is 2.46. The van der Waals surface area contributed by atoms with E-state index in [0.29, 0.717) is 0 Å². The Morgan fingerprint density at radius 1 is 1.14 bits per heavy atom. The Bertz CT molecular complexity index is 960. The number of nitrogens with zero attached hydrogens (tertiary/aromatic N) is 1. The van der Waals surface area contributed by atoms with Gasteiger partial charge in [0.25, 0.3) is 0 Å². The maximum atomic E-state index is 16.1. The zero-order valence-electron chi connectivity index (χ0n) is 21.7. The first kappa shape index (κ1) is 29.1. The number of carbonyl (C=O) groups is 2. The molecule has 0 aromatic heterocycles. The molecule has 2 rings (SSSR count). The summed E-state index contributed by atoms with van der Waals surface area (Å²) in [5.41, 5.74) is -4.08. The summed E-state index contributed by atoms with van der Waals surface area (Å²) < 4.78 is 77.3. The molecule has 0 saturated carbocycles. The number of imide groups is 1. The Balaban J connectivity index is 2.55. The maximum Gasteiger partial charge on any atom is 0.420 e. The molecule has 0 bridgehead atoms. The van der Waals surface area contributed by atoms with Crippen LogP contribution in [0.25, 0.3) is 0 Å². The Morgan fingerprint density at radius 2 is 1.69 bits per heavy atom. The topological polar surface area (TPSA) is 65.1 Å². The SMILES string of the molecule is CC(C)(C)OC(=O)N1C(=O)O[C@H](C(F)(F)CO[Si](C)(C)C(C)(C)C)[C@H](F)[C@@]1(C)c1ccccc1F. The van der Waals surface area contributed by atoms with Gasteiger partial charge in [0.15, 0.2) is 14.5 Å². The Morgan fingerprint density at radius 3 is 2.17 bits per heavy atom. The van der Waals surface area contributed by atoms with E-state index in [1.807, 2.05) is 20.8 Å². The molecule has 1 saturated heterocycles. The summed E-state index contributed by atoms with van der Waals surface area (Å²) in [4.78, 5) is 26.1. The first-order valence-corrected chi connectivity index (χ1v) is 14.2. The zero-order chi connectivity index (χ0) is 27.2. The van der Waals surface area contributed by atoms with Gasteiger partial charge in [-0.25, -0.2) is 18.4 Å². The summed E-state index contributed by atoms with van der Waals surface area (Å²) in [5.74, 6) is -4.96. The van der Waals surface area contributed by atoms with Gasteiger partial charge in [0.1, 0.15) is 23.6 Å². The van der Waals surface area contributed by atoms with Crippen molar-refractivity contribution in [1.29, 1.82) is 0 Å². The van der Waals surface area contributed by atoms with Gasteiger partial charge in [-0.1, -0.05) is 39.0 Å². The van der Waals surface area contributed by atoms with Crippen molar-refractivity contribution in [2.75, 3.05) is 6.61 Å². The van der Waals surface area contributed by atoms with Gasteiger partial charge in [-0.15, -0.1) is 0 Å². The Kier molecular flexibility index (Phi) is 7.80. The lowest BCUT2D eigenvalue weighted by Gasteiger charge is -2.49. The molecule has 198 valence electrons. The molecule has 1 aromatic carbocycles. The van der Waals surface area contributed by atoms with Crippen LogP contribution in [0.1, 0.15) is 54.0 Å². The van der Waals surface area contributed by atoms with Crippen LogP contribution in [0.15, 0.2) is 24.3 Å². The monoisotopic (exact) mass is 521 g/mol. The van der Waals surface area contributed by atoms with Crippen LogP contribution in [0.5, 0.6) is 0 Å². The first-order chi connectivity index (χ1) is 15.6. The van der Waals surface area contributed by atoms with Gasteiger partial charge in [-0.05, 0) is 51.9 Å². The van der Waals surface area contributed by atoms with Gasteiger partial charge >= 0.3 is 18.1 Å². The lowest BCUT2D eigenvalue weighted by Crippen LogP contribution is -2.68. The van der Waals surface area contributed by atoms with Crippen molar-refractivity contribution in [3.8, 4) is 0 Å². The van der Waals surface area contributed by atoms with E-state index in [0.717, 1.165) is 19.1 Å². The molecule has 1 heterocycles. The Hall–Kier alpha value is -2.14. The number of hydrogen-bond acceptors (Lipinski definition) is 5. The molecule has 1 aliphatic rings.